The van der Waals surface area contributed by atoms with E-state index in [0.717, 1.165) is 43.5 Å². The summed E-state index contributed by atoms with van der Waals surface area (Å²) in [6.07, 6.45) is 15.6. The highest BCUT2D eigenvalue weighted by Gasteiger charge is 2.25. The number of hydrogen-bond donors (Lipinski definition) is 0. The van der Waals surface area contributed by atoms with Crippen LogP contribution in [0.4, 0.5) is 0 Å². The van der Waals surface area contributed by atoms with E-state index in [2.05, 4.69) is 62.4 Å². The number of rotatable bonds is 14. The standard InChI is InChI=1S/C30H40O2S3.C4H4S/c1-5-7-9-11-13-23-15-19-25(20-16-23)27-29(34(3)31)30(35(4)32)28(33-27)26-21-17-24(18-22-26)14-12-10-8-6-2;1-2-4-5-3-1/h15-22H,5-14H2,1-4H3;1-4H. The molecule has 0 amide bonds. The Kier molecular flexibility index (Phi) is 14.6. The molecule has 0 aliphatic heterocycles. The maximum Gasteiger partial charge on any atom is 0.0739 e. The van der Waals surface area contributed by atoms with Gasteiger partial charge in [0, 0.05) is 12.5 Å². The van der Waals surface area contributed by atoms with Crippen molar-refractivity contribution in [3.05, 3.63) is 82.6 Å². The van der Waals surface area contributed by atoms with Crippen LogP contribution in [-0.4, -0.2) is 20.9 Å². The summed E-state index contributed by atoms with van der Waals surface area (Å²) in [5, 5.41) is 4.08. The van der Waals surface area contributed by atoms with Crippen LogP contribution in [0.2, 0.25) is 0 Å². The van der Waals surface area contributed by atoms with Gasteiger partial charge < -0.3 is 0 Å². The van der Waals surface area contributed by atoms with E-state index < -0.39 is 21.6 Å². The van der Waals surface area contributed by atoms with Crippen LogP contribution >= 0.6 is 22.7 Å². The number of unbranched alkanes of at least 4 members (excludes halogenated alkanes) is 6. The summed E-state index contributed by atoms with van der Waals surface area (Å²) in [7, 11) is -2.46. The van der Waals surface area contributed by atoms with Crippen molar-refractivity contribution in [1.29, 1.82) is 0 Å². The van der Waals surface area contributed by atoms with Crippen molar-refractivity contribution in [1.82, 2.24) is 0 Å². The van der Waals surface area contributed by atoms with Gasteiger partial charge in [0.25, 0.3) is 0 Å². The van der Waals surface area contributed by atoms with Crippen molar-refractivity contribution in [2.45, 2.75) is 87.8 Å². The van der Waals surface area contributed by atoms with Gasteiger partial charge in [-0.3, -0.25) is 8.42 Å². The van der Waals surface area contributed by atoms with Gasteiger partial charge in [-0.15, -0.1) is 11.3 Å². The monoisotopic (exact) mass is 612 g/mol. The summed E-state index contributed by atoms with van der Waals surface area (Å²) in [5.41, 5.74) is 4.80. The second-order valence-corrected chi connectivity index (χ2v) is 14.6. The Morgan fingerprint density at radius 3 is 1.27 bits per heavy atom. The molecule has 0 radical (unpaired) electrons. The van der Waals surface area contributed by atoms with Crippen LogP contribution in [0.5, 0.6) is 0 Å². The van der Waals surface area contributed by atoms with Crippen LogP contribution in [0.15, 0.2) is 81.2 Å². The van der Waals surface area contributed by atoms with Crippen LogP contribution in [0.3, 0.4) is 0 Å². The van der Waals surface area contributed by atoms with Gasteiger partial charge in [-0.05, 0) is 58.7 Å². The smallest absolute Gasteiger partial charge is 0.0739 e. The van der Waals surface area contributed by atoms with Gasteiger partial charge >= 0.3 is 0 Å². The van der Waals surface area contributed by atoms with Gasteiger partial charge in [-0.25, -0.2) is 0 Å². The van der Waals surface area contributed by atoms with Crippen molar-refractivity contribution in [3.8, 4) is 20.9 Å². The predicted molar refractivity (Wildman–Crippen MR) is 180 cm³/mol. The zero-order chi connectivity index (χ0) is 28.7. The second-order valence-electron chi connectivity index (χ2n) is 10.1. The summed E-state index contributed by atoms with van der Waals surface area (Å²) < 4.78 is 25.8. The van der Waals surface area contributed by atoms with Crippen LogP contribution in [0.1, 0.15) is 76.3 Å². The molecule has 2 nitrogen and oxygen atoms in total. The van der Waals surface area contributed by atoms with E-state index in [9.17, 15) is 8.42 Å². The van der Waals surface area contributed by atoms with Gasteiger partial charge in [0.05, 0.1) is 41.1 Å². The highest BCUT2D eigenvalue weighted by Crippen LogP contribution is 2.45. The molecule has 0 bridgehead atoms. The molecule has 2 atom stereocenters. The number of benzene rings is 2. The lowest BCUT2D eigenvalue weighted by molar-refractivity contribution is 0.667. The Morgan fingerprint density at radius 2 is 0.975 bits per heavy atom. The predicted octanol–water partition coefficient (Wildman–Crippen LogP) is 10.6. The summed E-state index contributed by atoms with van der Waals surface area (Å²) in [5.74, 6) is 0. The fraction of sp³-hybridized carbons (Fsp3) is 0.412. The molecule has 4 aromatic rings. The van der Waals surface area contributed by atoms with E-state index in [1.165, 1.54) is 62.5 Å². The molecule has 6 heteroatoms. The lowest BCUT2D eigenvalue weighted by Crippen LogP contribution is -1.97. The van der Waals surface area contributed by atoms with Crippen LogP contribution in [-0.2, 0) is 34.4 Å². The van der Waals surface area contributed by atoms with Crippen LogP contribution < -0.4 is 0 Å². The highest BCUT2D eigenvalue weighted by molar-refractivity contribution is 7.88. The van der Waals surface area contributed by atoms with Crippen LogP contribution in [0, 0.1) is 0 Å². The molecule has 40 heavy (non-hydrogen) atoms. The Hall–Kier alpha value is -1.86. The minimum Gasteiger partial charge on any atom is -0.255 e. The third-order valence-corrected chi connectivity index (χ3v) is 11.2. The van der Waals surface area contributed by atoms with Gasteiger partial charge in [0.2, 0.25) is 0 Å². The fourth-order valence-electron chi connectivity index (χ4n) is 4.69. The molecule has 0 saturated carbocycles. The molecule has 2 heterocycles. The molecule has 0 N–H and O–H groups in total. The number of hydrogen-bond acceptors (Lipinski definition) is 4. The Morgan fingerprint density at radius 1 is 0.575 bits per heavy atom. The molecule has 0 fully saturated rings. The summed E-state index contributed by atoms with van der Waals surface area (Å²) in [6.45, 7) is 4.47. The minimum absolute atomic E-state index is 0.727. The van der Waals surface area contributed by atoms with E-state index in [1.54, 1.807) is 35.2 Å². The average Bonchev–Trinajstić information content (AvgIpc) is 3.67. The van der Waals surface area contributed by atoms with Crippen molar-refractivity contribution in [3.63, 3.8) is 0 Å². The molecule has 2 aromatic carbocycles. The maximum absolute atomic E-state index is 12.9. The van der Waals surface area contributed by atoms with E-state index in [1.807, 2.05) is 22.9 Å². The zero-order valence-corrected chi connectivity index (χ0v) is 27.7. The average molecular weight is 613 g/mol. The first-order chi connectivity index (χ1) is 19.5. The molecule has 4 rings (SSSR count). The fourth-order valence-corrected chi connectivity index (χ4v) is 9.51. The molecule has 0 saturated heterocycles. The Balaban J connectivity index is 0.000000792. The number of aryl methyl sites for hydroxylation is 2. The SMILES string of the molecule is CCCCCCc1ccc(-c2sc(-c3ccc(CCCCCC)cc3)c(S(C)=O)c2S(C)=O)cc1.c1ccsc1. The van der Waals surface area contributed by atoms with E-state index in [-0.39, 0.29) is 0 Å². The quantitative estimate of drug-likeness (QED) is 0.133. The van der Waals surface area contributed by atoms with Crippen molar-refractivity contribution >= 4 is 44.3 Å². The van der Waals surface area contributed by atoms with Gasteiger partial charge in [0.1, 0.15) is 0 Å². The topological polar surface area (TPSA) is 34.1 Å². The normalized spacial score (nSPS) is 12.5. The largest absolute Gasteiger partial charge is 0.255 e. The lowest BCUT2D eigenvalue weighted by atomic mass is 10.0. The zero-order valence-electron chi connectivity index (χ0n) is 24.4. The molecular weight excluding hydrogens is 569 g/mol. The van der Waals surface area contributed by atoms with Gasteiger partial charge in [-0.1, -0.05) is 113 Å². The molecule has 0 aliphatic carbocycles. The van der Waals surface area contributed by atoms with E-state index >= 15 is 0 Å². The Labute approximate surface area is 255 Å². The molecule has 0 aliphatic rings. The first-order valence-corrected chi connectivity index (χ1v) is 19.3. The van der Waals surface area contributed by atoms with Crippen molar-refractivity contribution < 1.29 is 8.42 Å². The molecule has 2 aromatic heterocycles. The summed E-state index contributed by atoms with van der Waals surface area (Å²) >= 11 is 3.34. The van der Waals surface area contributed by atoms with E-state index in [0.29, 0.717) is 0 Å². The van der Waals surface area contributed by atoms with E-state index in [4.69, 9.17) is 0 Å². The van der Waals surface area contributed by atoms with Crippen molar-refractivity contribution in [2.24, 2.45) is 0 Å². The summed E-state index contributed by atoms with van der Waals surface area (Å²) in [6, 6.07) is 21.4. The molecule has 2 unspecified atom stereocenters. The van der Waals surface area contributed by atoms with Gasteiger partial charge in [-0.2, -0.15) is 11.3 Å². The molecular formula is C34H44O2S4. The summed E-state index contributed by atoms with van der Waals surface area (Å²) in [4.78, 5) is 3.41. The molecule has 216 valence electrons. The van der Waals surface area contributed by atoms with Crippen molar-refractivity contribution in [2.75, 3.05) is 12.5 Å². The van der Waals surface area contributed by atoms with Gasteiger partial charge in [0.15, 0.2) is 0 Å². The third kappa shape index (κ3) is 9.90. The lowest BCUT2D eigenvalue weighted by Gasteiger charge is -2.07. The van der Waals surface area contributed by atoms with Crippen LogP contribution in [0.25, 0.3) is 20.9 Å². The number of thiophene rings is 2. The molecule has 0 spiro atoms. The highest BCUT2D eigenvalue weighted by atomic mass is 32.2. The minimum atomic E-state index is -1.23. The third-order valence-electron chi connectivity index (χ3n) is 6.89. The first-order valence-electron chi connectivity index (χ1n) is 14.5. The maximum atomic E-state index is 12.9. The Bertz CT molecular complexity index is 1200. The first kappa shape index (κ1) is 32.7. The second kappa shape index (κ2) is 17.8.